The minimum atomic E-state index is 0.209. The molecule has 178 valence electrons. The second-order valence-corrected chi connectivity index (χ2v) is 9.97. The summed E-state index contributed by atoms with van der Waals surface area (Å²) >= 11 is 1.60. The maximum atomic E-state index is 13.0. The van der Waals surface area contributed by atoms with E-state index in [1.54, 1.807) is 11.3 Å². The number of nitrogens with one attached hydrogen (secondary N) is 3. The molecule has 3 N–H and O–H groups in total. The Morgan fingerprint density at radius 1 is 1.24 bits per heavy atom. The summed E-state index contributed by atoms with van der Waals surface area (Å²) in [5.41, 5.74) is 0.984. The summed E-state index contributed by atoms with van der Waals surface area (Å²) in [6.07, 6.45) is 3.65. The van der Waals surface area contributed by atoms with Crippen LogP contribution in [-0.2, 0) is 4.79 Å². The van der Waals surface area contributed by atoms with Gasteiger partial charge in [-0.05, 0) is 58.1 Å². The average Bonchev–Trinajstić information content (AvgIpc) is 3.41. The number of likely N-dealkylation sites (N-methyl/N-ethyl adjacent to an activating group) is 1. The highest BCUT2D eigenvalue weighted by atomic mass is 32.1. The van der Waals surface area contributed by atoms with Gasteiger partial charge in [0.1, 0.15) is 10.6 Å². The van der Waals surface area contributed by atoms with Crippen LogP contribution in [0.5, 0.6) is 0 Å². The Labute approximate surface area is 199 Å². The van der Waals surface area contributed by atoms with Crippen LogP contribution in [0.15, 0.2) is 17.5 Å². The smallest absolute Gasteiger partial charge is 0.237 e. The standard InChI is InChI=1S/C23H34N8OS/c1-6-16-11-15(12-17(7-2)31(16)20(32)13-30(4)5)24-23-26-21(18-8-9-33-22(18)27-23)25-19-10-14(3)28-29-19/h8-10,15-17H,6-7,11-13H2,1-5H3,(H3,24,25,26,27,28,29). The Kier molecular flexibility index (Phi) is 7.14. The fourth-order valence-corrected chi connectivity index (χ4v) is 5.45. The minimum Gasteiger partial charge on any atom is -0.351 e. The molecular formula is C23H34N8OS. The van der Waals surface area contributed by atoms with Crippen LogP contribution >= 0.6 is 11.3 Å². The molecule has 4 heterocycles. The topological polar surface area (TPSA) is 102 Å². The second kappa shape index (κ2) is 10.0. The predicted molar refractivity (Wildman–Crippen MR) is 134 cm³/mol. The molecule has 10 heteroatoms. The molecule has 33 heavy (non-hydrogen) atoms. The first-order valence-electron chi connectivity index (χ1n) is 11.6. The molecule has 0 saturated carbocycles. The highest BCUT2D eigenvalue weighted by molar-refractivity contribution is 7.16. The van der Waals surface area contributed by atoms with Gasteiger partial charge in [-0.25, -0.2) is 4.98 Å². The van der Waals surface area contributed by atoms with E-state index in [1.807, 2.05) is 43.4 Å². The monoisotopic (exact) mass is 470 g/mol. The summed E-state index contributed by atoms with van der Waals surface area (Å²) in [4.78, 5) is 27.6. The van der Waals surface area contributed by atoms with Gasteiger partial charge in [0.05, 0.1) is 11.9 Å². The average molecular weight is 471 g/mol. The van der Waals surface area contributed by atoms with E-state index in [9.17, 15) is 4.79 Å². The van der Waals surface area contributed by atoms with Gasteiger partial charge in [-0.15, -0.1) is 11.3 Å². The molecule has 0 spiro atoms. The minimum absolute atomic E-state index is 0.209. The van der Waals surface area contributed by atoms with Crippen LogP contribution in [0.1, 0.15) is 45.2 Å². The molecule has 1 aliphatic rings. The van der Waals surface area contributed by atoms with Crippen molar-refractivity contribution in [3.8, 4) is 0 Å². The fraction of sp³-hybridized carbons (Fsp3) is 0.565. The molecule has 9 nitrogen and oxygen atoms in total. The molecule has 0 radical (unpaired) electrons. The lowest BCUT2D eigenvalue weighted by molar-refractivity contribution is -0.139. The van der Waals surface area contributed by atoms with Crippen molar-refractivity contribution < 1.29 is 4.79 Å². The molecule has 1 aliphatic heterocycles. The number of carbonyl (C=O) groups excluding carboxylic acids is 1. The molecule has 3 aromatic heterocycles. The van der Waals surface area contributed by atoms with E-state index in [2.05, 4.69) is 39.6 Å². The first-order chi connectivity index (χ1) is 15.9. The quantitative estimate of drug-likeness (QED) is 0.457. The van der Waals surface area contributed by atoms with Crippen molar-refractivity contribution in [1.82, 2.24) is 30.0 Å². The van der Waals surface area contributed by atoms with Crippen molar-refractivity contribution in [2.24, 2.45) is 0 Å². The summed E-state index contributed by atoms with van der Waals surface area (Å²) in [7, 11) is 3.89. The van der Waals surface area contributed by atoms with Gasteiger partial charge in [0.2, 0.25) is 11.9 Å². The van der Waals surface area contributed by atoms with Crippen molar-refractivity contribution in [3.63, 3.8) is 0 Å². The van der Waals surface area contributed by atoms with Crippen molar-refractivity contribution >= 4 is 45.0 Å². The maximum absolute atomic E-state index is 13.0. The van der Waals surface area contributed by atoms with Crippen LogP contribution < -0.4 is 10.6 Å². The number of rotatable bonds is 8. The SMILES string of the molecule is CCC1CC(Nc2nc(Nc3cc(C)[nH]n3)c3ccsc3n2)CC(CC)N1C(=O)CN(C)C. The van der Waals surface area contributed by atoms with E-state index in [-0.39, 0.29) is 24.0 Å². The lowest BCUT2D eigenvalue weighted by atomic mass is 9.88. The van der Waals surface area contributed by atoms with Crippen LogP contribution in [-0.4, -0.2) is 74.6 Å². The Bertz CT molecular complexity index is 1080. The third-order valence-electron chi connectivity index (χ3n) is 6.19. The normalized spacial score (nSPS) is 21.0. The Balaban J connectivity index is 1.55. The first-order valence-corrected chi connectivity index (χ1v) is 12.5. The summed E-state index contributed by atoms with van der Waals surface area (Å²) in [6.45, 7) is 6.75. The Morgan fingerprint density at radius 3 is 2.58 bits per heavy atom. The van der Waals surface area contributed by atoms with Gasteiger partial charge in [0, 0.05) is 29.9 Å². The predicted octanol–water partition coefficient (Wildman–Crippen LogP) is 3.99. The van der Waals surface area contributed by atoms with Crippen LogP contribution in [0.4, 0.5) is 17.6 Å². The van der Waals surface area contributed by atoms with Gasteiger partial charge in [-0.3, -0.25) is 9.89 Å². The third-order valence-corrected chi connectivity index (χ3v) is 7.00. The van der Waals surface area contributed by atoms with Crippen LogP contribution in [0.3, 0.4) is 0 Å². The van der Waals surface area contributed by atoms with Crippen LogP contribution in [0.25, 0.3) is 10.2 Å². The van der Waals surface area contributed by atoms with Crippen molar-refractivity contribution in [3.05, 3.63) is 23.2 Å². The number of carbonyl (C=O) groups is 1. The fourth-order valence-electron chi connectivity index (χ4n) is 4.68. The molecule has 0 aromatic carbocycles. The Morgan fingerprint density at radius 2 is 1.97 bits per heavy atom. The number of aromatic nitrogens is 4. The zero-order valence-electron chi connectivity index (χ0n) is 20.1. The van der Waals surface area contributed by atoms with Crippen molar-refractivity contribution in [2.75, 3.05) is 31.3 Å². The molecule has 2 atom stereocenters. The summed E-state index contributed by atoms with van der Waals surface area (Å²) < 4.78 is 0. The molecule has 0 aliphatic carbocycles. The van der Waals surface area contributed by atoms with Gasteiger partial charge in [0.25, 0.3) is 0 Å². The molecule has 2 unspecified atom stereocenters. The zero-order valence-corrected chi connectivity index (χ0v) is 20.9. The highest BCUT2D eigenvalue weighted by Crippen LogP contribution is 2.32. The number of hydrogen-bond donors (Lipinski definition) is 3. The lowest BCUT2D eigenvalue weighted by Crippen LogP contribution is -2.56. The summed E-state index contributed by atoms with van der Waals surface area (Å²) in [5.74, 6) is 2.30. The van der Waals surface area contributed by atoms with Crippen molar-refractivity contribution in [1.29, 1.82) is 0 Å². The molecule has 1 fully saturated rings. The molecule has 0 bridgehead atoms. The lowest BCUT2D eigenvalue weighted by Gasteiger charge is -2.45. The summed E-state index contributed by atoms with van der Waals surface area (Å²) in [5, 5.41) is 17.2. The number of aryl methyl sites for hydroxylation is 1. The van der Waals surface area contributed by atoms with Crippen molar-refractivity contribution in [2.45, 2.75) is 64.6 Å². The molecule has 1 amide bonds. The molecule has 4 rings (SSSR count). The number of nitrogens with zero attached hydrogens (tertiary/aromatic N) is 5. The van der Waals surface area contributed by atoms with E-state index in [0.29, 0.717) is 12.5 Å². The highest BCUT2D eigenvalue weighted by Gasteiger charge is 2.37. The van der Waals surface area contributed by atoms with E-state index in [1.165, 1.54) is 0 Å². The van der Waals surface area contributed by atoms with Gasteiger partial charge in [-0.2, -0.15) is 10.1 Å². The number of aromatic amines is 1. The maximum Gasteiger partial charge on any atom is 0.237 e. The number of amides is 1. The molecule has 3 aromatic rings. The van der Waals surface area contributed by atoms with E-state index < -0.39 is 0 Å². The number of likely N-dealkylation sites (tertiary alicyclic amines) is 1. The van der Waals surface area contributed by atoms with E-state index in [0.717, 1.165) is 53.2 Å². The van der Waals surface area contributed by atoms with E-state index in [4.69, 9.17) is 9.97 Å². The number of H-pyrrole nitrogens is 1. The number of piperidine rings is 1. The zero-order chi connectivity index (χ0) is 23.5. The number of fused-ring (bicyclic) bond motifs is 1. The number of thiophene rings is 1. The number of hydrogen-bond acceptors (Lipinski definition) is 8. The van der Waals surface area contributed by atoms with Gasteiger partial charge >= 0.3 is 0 Å². The van der Waals surface area contributed by atoms with Gasteiger partial charge in [-0.1, -0.05) is 13.8 Å². The molecule has 1 saturated heterocycles. The van der Waals surface area contributed by atoms with Gasteiger partial charge in [0.15, 0.2) is 5.82 Å². The van der Waals surface area contributed by atoms with E-state index >= 15 is 0 Å². The number of anilines is 3. The van der Waals surface area contributed by atoms with Crippen LogP contribution in [0, 0.1) is 6.92 Å². The Hall–Kier alpha value is -2.72. The van der Waals surface area contributed by atoms with Crippen LogP contribution in [0.2, 0.25) is 0 Å². The van der Waals surface area contributed by atoms with Gasteiger partial charge < -0.3 is 20.4 Å². The summed E-state index contributed by atoms with van der Waals surface area (Å²) in [6, 6.07) is 4.61. The largest absolute Gasteiger partial charge is 0.351 e. The second-order valence-electron chi connectivity index (χ2n) is 9.07. The first kappa shape index (κ1) is 23.4. The third kappa shape index (κ3) is 5.27. The molecular weight excluding hydrogens is 436 g/mol.